The molecule has 0 aliphatic carbocycles. The molecule has 2 aliphatic heterocycles. The van der Waals surface area contributed by atoms with Crippen molar-refractivity contribution in [3.8, 4) is 0 Å². The Morgan fingerprint density at radius 1 is 1.40 bits per heavy atom. The maximum Gasteiger partial charge on any atom is 0.182 e. The Labute approximate surface area is 119 Å². The molecule has 3 heterocycles. The number of rotatable bonds is 2. The first-order chi connectivity index (χ1) is 9.35. The molecule has 6 nitrogen and oxygen atoms in total. The minimum Gasteiger partial charge on any atom is -0.474 e. The largest absolute Gasteiger partial charge is 0.474 e. The summed E-state index contributed by atoms with van der Waals surface area (Å²) in [6.07, 6.45) is 0.129. The van der Waals surface area contributed by atoms with Crippen LogP contribution in [0, 0.1) is 6.92 Å². The fraction of sp³-hybridized carbons (Fsp3) is 0.714. The van der Waals surface area contributed by atoms with Gasteiger partial charge in [0.1, 0.15) is 5.60 Å². The Morgan fingerprint density at radius 2 is 2.15 bits per heavy atom. The van der Waals surface area contributed by atoms with Crippen molar-refractivity contribution in [2.45, 2.75) is 52.0 Å². The molecule has 110 valence electrons. The topological polar surface area (TPSA) is 52.4 Å². The van der Waals surface area contributed by atoms with Crippen molar-refractivity contribution in [3.63, 3.8) is 0 Å². The van der Waals surface area contributed by atoms with Crippen LogP contribution in [0.2, 0.25) is 0 Å². The van der Waals surface area contributed by atoms with E-state index >= 15 is 0 Å². The first-order valence-electron chi connectivity index (χ1n) is 7.00. The van der Waals surface area contributed by atoms with E-state index in [2.05, 4.69) is 21.8 Å². The van der Waals surface area contributed by atoms with Gasteiger partial charge in [-0.15, -0.1) is 5.10 Å². The van der Waals surface area contributed by atoms with E-state index in [9.17, 15) is 0 Å². The second-order valence-corrected chi connectivity index (χ2v) is 6.50. The summed E-state index contributed by atoms with van der Waals surface area (Å²) in [6.45, 7) is 14.3. The number of hydrogen-bond acceptors (Lipinski definition) is 5. The number of ether oxygens (including phenoxy) is 2. The lowest BCUT2D eigenvalue weighted by molar-refractivity contribution is -0.0131. The molecule has 2 atom stereocenters. The molecule has 1 unspecified atom stereocenters. The number of aromatic nitrogens is 3. The maximum atomic E-state index is 5.94. The van der Waals surface area contributed by atoms with Crippen LogP contribution in [-0.4, -0.2) is 44.7 Å². The summed E-state index contributed by atoms with van der Waals surface area (Å²) in [5.41, 5.74) is 1.79. The summed E-state index contributed by atoms with van der Waals surface area (Å²) in [4.78, 5) is 2.13. The van der Waals surface area contributed by atoms with Gasteiger partial charge in [-0.1, -0.05) is 5.21 Å². The average Bonchev–Trinajstić information content (AvgIpc) is 2.90. The molecule has 0 aromatic carbocycles. The van der Waals surface area contributed by atoms with Gasteiger partial charge in [0.25, 0.3) is 0 Å². The molecule has 20 heavy (non-hydrogen) atoms. The smallest absolute Gasteiger partial charge is 0.182 e. The second-order valence-electron chi connectivity index (χ2n) is 6.50. The monoisotopic (exact) mass is 278 g/mol. The van der Waals surface area contributed by atoms with Crippen LogP contribution < -0.4 is 0 Å². The SMILES string of the molecule is C=C(OC(C)(C)C)N1CC2[C@H](C1)OCc1c(C)nnn12. The van der Waals surface area contributed by atoms with E-state index in [1.165, 1.54) is 0 Å². The molecule has 1 fully saturated rings. The zero-order valence-electron chi connectivity index (χ0n) is 12.6. The Morgan fingerprint density at radius 3 is 2.85 bits per heavy atom. The molecule has 0 spiro atoms. The van der Waals surface area contributed by atoms with E-state index in [1.54, 1.807) is 0 Å². The Balaban J connectivity index is 1.75. The molecule has 0 amide bonds. The normalized spacial score (nSPS) is 25.3. The highest BCUT2D eigenvalue weighted by atomic mass is 16.5. The standard InChI is InChI=1S/C14H22N4O2/c1-9-12-8-19-13-7-17(10(2)20-14(3,4)5)6-11(13)18(12)16-15-9/h11,13H,2,6-8H2,1,3-5H3/t11?,13-/m0/s1. The maximum absolute atomic E-state index is 5.94. The van der Waals surface area contributed by atoms with E-state index in [1.807, 2.05) is 32.4 Å². The zero-order chi connectivity index (χ0) is 14.5. The summed E-state index contributed by atoms with van der Waals surface area (Å²) in [6, 6.07) is 0.195. The van der Waals surface area contributed by atoms with Gasteiger partial charge in [0.15, 0.2) is 5.88 Å². The minimum absolute atomic E-state index is 0.129. The highest BCUT2D eigenvalue weighted by Gasteiger charge is 2.41. The quantitative estimate of drug-likeness (QED) is 0.770. The number of hydrogen-bond donors (Lipinski definition) is 0. The van der Waals surface area contributed by atoms with Crippen LogP contribution in [-0.2, 0) is 16.1 Å². The van der Waals surface area contributed by atoms with Crippen LogP contribution in [0.4, 0.5) is 0 Å². The lowest BCUT2D eigenvalue weighted by Crippen LogP contribution is -2.32. The van der Waals surface area contributed by atoms with E-state index < -0.39 is 0 Å². The Bertz CT molecular complexity index is 532. The van der Waals surface area contributed by atoms with Crippen molar-refractivity contribution in [1.29, 1.82) is 0 Å². The average molecular weight is 278 g/mol. The molecular weight excluding hydrogens is 256 g/mol. The highest BCUT2D eigenvalue weighted by Crippen LogP contribution is 2.33. The van der Waals surface area contributed by atoms with Crippen molar-refractivity contribution in [2.24, 2.45) is 0 Å². The fourth-order valence-electron chi connectivity index (χ4n) is 2.79. The Kier molecular flexibility index (Phi) is 3.01. The lowest BCUT2D eigenvalue weighted by Gasteiger charge is -2.28. The van der Waals surface area contributed by atoms with Gasteiger partial charge in [-0.25, -0.2) is 4.68 Å². The van der Waals surface area contributed by atoms with Gasteiger partial charge in [0, 0.05) is 13.1 Å². The van der Waals surface area contributed by atoms with Gasteiger partial charge >= 0.3 is 0 Å². The number of nitrogens with zero attached hydrogens (tertiary/aromatic N) is 4. The van der Waals surface area contributed by atoms with Gasteiger partial charge in [-0.3, -0.25) is 0 Å². The fourth-order valence-corrected chi connectivity index (χ4v) is 2.79. The Hall–Kier alpha value is -1.56. The summed E-state index contributed by atoms with van der Waals surface area (Å²) in [7, 11) is 0. The molecule has 0 saturated carbocycles. The molecular formula is C14H22N4O2. The summed E-state index contributed by atoms with van der Waals surface area (Å²) in [5.74, 6) is 0.703. The summed E-state index contributed by atoms with van der Waals surface area (Å²) >= 11 is 0. The van der Waals surface area contributed by atoms with E-state index in [4.69, 9.17) is 9.47 Å². The van der Waals surface area contributed by atoms with E-state index in [-0.39, 0.29) is 17.7 Å². The van der Waals surface area contributed by atoms with Gasteiger partial charge in [-0.2, -0.15) is 0 Å². The lowest BCUT2D eigenvalue weighted by atomic mass is 10.1. The summed E-state index contributed by atoms with van der Waals surface area (Å²) < 4.78 is 13.8. The predicted octanol–water partition coefficient (Wildman–Crippen LogP) is 1.63. The van der Waals surface area contributed by atoms with Crippen molar-refractivity contribution < 1.29 is 9.47 Å². The third-order valence-electron chi connectivity index (χ3n) is 3.75. The van der Waals surface area contributed by atoms with Crippen LogP contribution in [0.5, 0.6) is 0 Å². The van der Waals surface area contributed by atoms with Crippen molar-refractivity contribution in [3.05, 3.63) is 23.8 Å². The molecule has 3 rings (SSSR count). The molecule has 0 radical (unpaired) electrons. The second kappa shape index (κ2) is 4.48. The zero-order valence-corrected chi connectivity index (χ0v) is 12.6. The predicted molar refractivity (Wildman–Crippen MR) is 73.9 cm³/mol. The van der Waals surface area contributed by atoms with Crippen molar-refractivity contribution in [2.75, 3.05) is 13.1 Å². The third-order valence-corrected chi connectivity index (χ3v) is 3.75. The molecule has 0 bridgehead atoms. The van der Waals surface area contributed by atoms with Crippen molar-refractivity contribution >= 4 is 0 Å². The molecule has 6 heteroatoms. The van der Waals surface area contributed by atoms with Crippen LogP contribution in [0.15, 0.2) is 12.5 Å². The van der Waals surface area contributed by atoms with Gasteiger partial charge in [0.2, 0.25) is 0 Å². The first-order valence-corrected chi connectivity index (χ1v) is 7.00. The van der Waals surface area contributed by atoms with Crippen LogP contribution in [0.3, 0.4) is 0 Å². The van der Waals surface area contributed by atoms with Crippen LogP contribution in [0.1, 0.15) is 38.2 Å². The highest BCUT2D eigenvalue weighted by molar-refractivity contribution is 5.12. The molecule has 0 N–H and O–H groups in total. The van der Waals surface area contributed by atoms with Gasteiger partial charge in [0.05, 0.1) is 30.1 Å². The van der Waals surface area contributed by atoms with Gasteiger partial charge < -0.3 is 14.4 Å². The number of fused-ring (bicyclic) bond motifs is 3. The van der Waals surface area contributed by atoms with E-state index in [0.717, 1.165) is 24.5 Å². The van der Waals surface area contributed by atoms with Crippen LogP contribution >= 0.6 is 0 Å². The molecule has 1 saturated heterocycles. The summed E-state index contributed by atoms with van der Waals surface area (Å²) in [5, 5.41) is 8.41. The third kappa shape index (κ3) is 2.28. The minimum atomic E-state index is -0.235. The van der Waals surface area contributed by atoms with Gasteiger partial charge in [-0.05, 0) is 34.3 Å². The number of likely N-dealkylation sites (tertiary alicyclic amines) is 1. The molecule has 1 aromatic rings. The van der Waals surface area contributed by atoms with Crippen molar-refractivity contribution in [1.82, 2.24) is 19.9 Å². The van der Waals surface area contributed by atoms with Crippen LogP contribution in [0.25, 0.3) is 0 Å². The molecule has 1 aromatic heterocycles. The molecule has 2 aliphatic rings. The first kappa shape index (κ1) is 13.4. The van der Waals surface area contributed by atoms with E-state index in [0.29, 0.717) is 12.5 Å². The number of aryl methyl sites for hydroxylation is 1.